The van der Waals surface area contributed by atoms with E-state index in [1.165, 1.54) is 6.42 Å². The van der Waals surface area contributed by atoms with Gasteiger partial charge in [-0.25, -0.2) is 0 Å². The molecule has 35 heavy (non-hydrogen) atoms. The summed E-state index contributed by atoms with van der Waals surface area (Å²) in [6.07, 6.45) is 6.72. The molecule has 3 amide bonds. The van der Waals surface area contributed by atoms with E-state index in [-0.39, 0.29) is 29.1 Å². The molecule has 0 unspecified atom stereocenters. The number of carbonyl (C=O) groups excluding carboxylic acids is 3. The smallest absolute Gasteiger partial charge is 0.225 e. The molecule has 0 aromatic heterocycles. The molecular weight excluding hydrogens is 466 g/mol. The normalized spacial score (nSPS) is 21.0. The number of hydrogen-bond donors (Lipinski definition) is 0. The van der Waals surface area contributed by atoms with Crippen molar-refractivity contribution in [1.29, 1.82) is 0 Å². The number of rotatable bonds is 6. The molecule has 8 heteroatoms. The van der Waals surface area contributed by atoms with E-state index >= 15 is 0 Å². The number of hydrogen-bond acceptors (Lipinski definition) is 4. The third-order valence-electron chi connectivity index (χ3n) is 8.00. The van der Waals surface area contributed by atoms with Gasteiger partial charge in [0.15, 0.2) is 0 Å². The minimum absolute atomic E-state index is 0.0178. The fraction of sp³-hybridized carbons (Fsp3) is 0.667. The fourth-order valence-corrected chi connectivity index (χ4v) is 5.82. The number of likely N-dealkylation sites (tertiary alicyclic amines) is 3. The molecule has 1 aromatic rings. The number of amides is 3. The van der Waals surface area contributed by atoms with Crippen LogP contribution in [0.4, 0.5) is 0 Å². The summed E-state index contributed by atoms with van der Waals surface area (Å²) >= 11 is 6.13. The van der Waals surface area contributed by atoms with Crippen LogP contribution < -0.4 is 4.74 Å². The predicted octanol–water partition coefficient (Wildman–Crippen LogP) is 3.99. The van der Waals surface area contributed by atoms with Gasteiger partial charge in [-0.05, 0) is 63.1 Å². The van der Waals surface area contributed by atoms with Crippen molar-refractivity contribution in [1.82, 2.24) is 14.7 Å². The predicted molar refractivity (Wildman–Crippen MR) is 135 cm³/mol. The third kappa shape index (κ3) is 6.69. The largest absolute Gasteiger partial charge is 0.493 e. The Kier molecular flexibility index (Phi) is 8.58. The number of carbonyl (C=O) groups is 3. The summed E-state index contributed by atoms with van der Waals surface area (Å²) in [5, 5.41) is 0.622. The number of benzene rings is 1. The number of nitrogens with zero attached hydrogens (tertiary/aromatic N) is 3. The first-order valence-electron chi connectivity index (χ1n) is 13.1. The van der Waals surface area contributed by atoms with E-state index in [1.54, 1.807) is 13.0 Å². The molecule has 3 aliphatic heterocycles. The third-order valence-corrected chi connectivity index (χ3v) is 8.24. The van der Waals surface area contributed by atoms with Crippen LogP contribution >= 0.6 is 11.6 Å². The van der Waals surface area contributed by atoms with E-state index in [1.807, 2.05) is 32.9 Å². The minimum Gasteiger partial charge on any atom is -0.493 e. The lowest BCUT2D eigenvalue weighted by molar-refractivity contribution is -0.143. The average molecular weight is 504 g/mol. The van der Waals surface area contributed by atoms with Gasteiger partial charge in [-0.1, -0.05) is 17.7 Å². The summed E-state index contributed by atoms with van der Waals surface area (Å²) in [7, 11) is 0. The summed E-state index contributed by atoms with van der Waals surface area (Å²) in [6, 6.07) is 7.36. The van der Waals surface area contributed by atoms with Crippen molar-refractivity contribution in [3.63, 3.8) is 0 Å². The van der Waals surface area contributed by atoms with Gasteiger partial charge in [0, 0.05) is 69.0 Å². The van der Waals surface area contributed by atoms with Gasteiger partial charge >= 0.3 is 0 Å². The van der Waals surface area contributed by atoms with Gasteiger partial charge in [-0.2, -0.15) is 0 Å². The maximum Gasteiger partial charge on any atom is 0.225 e. The molecule has 3 heterocycles. The second kappa shape index (κ2) is 11.6. The molecule has 3 saturated heterocycles. The Labute approximate surface area is 213 Å². The van der Waals surface area contributed by atoms with Gasteiger partial charge in [0.05, 0.1) is 6.61 Å². The van der Waals surface area contributed by atoms with Crippen molar-refractivity contribution in [2.45, 2.75) is 58.3 Å². The zero-order chi connectivity index (χ0) is 24.8. The average Bonchev–Trinajstić information content (AvgIpc) is 2.88. The highest BCUT2D eigenvalue weighted by Gasteiger charge is 2.41. The molecule has 4 rings (SSSR count). The number of halogens is 1. The number of piperidine rings is 3. The van der Waals surface area contributed by atoms with Crippen LogP contribution in [0.3, 0.4) is 0 Å². The first-order valence-corrected chi connectivity index (χ1v) is 13.4. The molecule has 3 fully saturated rings. The summed E-state index contributed by atoms with van der Waals surface area (Å²) in [4.78, 5) is 43.9. The Hall–Kier alpha value is -2.28. The SMILES string of the molecule is CC(=O)N1CCC(C(=O)N2CCC(COc3cccc(Cl)c3)(CC(=O)N3CCCCC3)CC2)CC1. The lowest BCUT2D eigenvalue weighted by Crippen LogP contribution is -2.50. The highest BCUT2D eigenvalue weighted by molar-refractivity contribution is 6.30. The maximum absolute atomic E-state index is 13.2. The van der Waals surface area contributed by atoms with Crippen LogP contribution in [0.5, 0.6) is 5.75 Å². The van der Waals surface area contributed by atoms with Crippen molar-refractivity contribution < 1.29 is 19.1 Å². The lowest BCUT2D eigenvalue weighted by Gasteiger charge is -2.43. The Bertz CT molecular complexity index is 901. The van der Waals surface area contributed by atoms with E-state index in [2.05, 4.69) is 0 Å². The van der Waals surface area contributed by atoms with Crippen LogP contribution in [-0.4, -0.2) is 78.3 Å². The highest BCUT2D eigenvalue weighted by Crippen LogP contribution is 2.38. The lowest BCUT2D eigenvalue weighted by atomic mass is 9.75. The van der Waals surface area contributed by atoms with Crippen molar-refractivity contribution in [2.24, 2.45) is 11.3 Å². The molecule has 0 N–H and O–H groups in total. The van der Waals surface area contributed by atoms with Gasteiger partial charge in [0.2, 0.25) is 17.7 Å². The zero-order valence-corrected chi connectivity index (χ0v) is 21.6. The van der Waals surface area contributed by atoms with Gasteiger partial charge in [-0.3, -0.25) is 14.4 Å². The Balaban J connectivity index is 1.38. The summed E-state index contributed by atoms with van der Waals surface area (Å²) in [5.41, 5.74) is -0.300. The molecule has 0 saturated carbocycles. The fourth-order valence-electron chi connectivity index (χ4n) is 5.64. The van der Waals surface area contributed by atoms with Gasteiger partial charge in [0.1, 0.15) is 5.75 Å². The quantitative estimate of drug-likeness (QED) is 0.588. The second-order valence-corrected chi connectivity index (χ2v) is 10.9. The van der Waals surface area contributed by atoms with Crippen molar-refractivity contribution >= 4 is 29.3 Å². The van der Waals surface area contributed by atoms with Crippen molar-refractivity contribution in [2.75, 3.05) is 45.9 Å². The first kappa shape index (κ1) is 25.8. The molecule has 0 spiro atoms. The van der Waals surface area contributed by atoms with Crippen LogP contribution in [-0.2, 0) is 14.4 Å². The zero-order valence-electron chi connectivity index (χ0n) is 20.8. The van der Waals surface area contributed by atoms with Crippen LogP contribution in [0.15, 0.2) is 24.3 Å². The highest BCUT2D eigenvalue weighted by atomic mass is 35.5. The molecule has 0 bridgehead atoms. The molecular formula is C27H38ClN3O4. The Morgan fingerprint density at radius 2 is 1.63 bits per heavy atom. The molecule has 0 atom stereocenters. The molecule has 0 radical (unpaired) electrons. The molecule has 0 aliphatic carbocycles. The van der Waals surface area contributed by atoms with E-state index in [0.29, 0.717) is 50.0 Å². The van der Waals surface area contributed by atoms with Crippen molar-refractivity contribution in [3.05, 3.63) is 29.3 Å². The Morgan fingerprint density at radius 3 is 2.26 bits per heavy atom. The molecule has 3 aliphatic rings. The molecule has 1 aromatic carbocycles. The van der Waals surface area contributed by atoms with E-state index < -0.39 is 0 Å². The topological polar surface area (TPSA) is 70.2 Å². The monoisotopic (exact) mass is 503 g/mol. The summed E-state index contributed by atoms with van der Waals surface area (Å²) in [6.45, 7) is 6.29. The second-order valence-electron chi connectivity index (χ2n) is 10.5. The summed E-state index contributed by atoms with van der Waals surface area (Å²) < 4.78 is 6.17. The van der Waals surface area contributed by atoms with E-state index in [0.717, 1.165) is 51.6 Å². The van der Waals surface area contributed by atoms with Gasteiger partial charge in [0.25, 0.3) is 0 Å². The molecule has 7 nitrogen and oxygen atoms in total. The number of ether oxygens (including phenoxy) is 1. The maximum atomic E-state index is 13.2. The van der Waals surface area contributed by atoms with Crippen LogP contribution in [0.2, 0.25) is 5.02 Å². The summed E-state index contributed by atoms with van der Waals surface area (Å²) in [5.74, 6) is 1.17. The van der Waals surface area contributed by atoms with E-state index in [9.17, 15) is 14.4 Å². The van der Waals surface area contributed by atoms with Gasteiger partial charge in [-0.15, -0.1) is 0 Å². The Morgan fingerprint density at radius 1 is 0.943 bits per heavy atom. The van der Waals surface area contributed by atoms with Crippen molar-refractivity contribution in [3.8, 4) is 5.75 Å². The van der Waals surface area contributed by atoms with Crippen LogP contribution in [0.1, 0.15) is 58.3 Å². The minimum atomic E-state index is -0.300. The first-order chi connectivity index (χ1) is 16.8. The van der Waals surface area contributed by atoms with Crippen LogP contribution in [0.25, 0.3) is 0 Å². The van der Waals surface area contributed by atoms with E-state index in [4.69, 9.17) is 16.3 Å². The van der Waals surface area contributed by atoms with Gasteiger partial charge < -0.3 is 19.4 Å². The van der Waals surface area contributed by atoms with Crippen LogP contribution in [0, 0.1) is 11.3 Å². The standard InChI is InChI=1S/C27H38ClN3O4/c1-21(32)29-14-8-22(9-15-29)26(34)31-16-10-27(11-17-31,19-25(33)30-12-3-2-4-13-30)20-35-24-7-5-6-23(28)18-24/h5-7,18,22H,2-4,8-17,19-20H2,1H3. The molecule has 192 valence electrons.